The SMILES string of the molecule is Cn1nncc1-c1ccc2c(ccn2CC2CCN(C(=O)CCc3ccccc3)CC2)c1. The number of benzene rings is 2. The highest BCUT2D eigenvalue weighted by molar-refractivity contribution is 5.85. The maximum Gasteiger partial charge on any atom is 0.222 e. The van der Waals surface area contributed by atoms with E-state index in [1.807, 2.05) is 25.2 Å². The lowest BCUT2D eigenvalue weighted by atomic mass is 9.96. The van der Waals surface area contributed by atoms with E-state index >= 15 is 0 Å². The molecule has 1 aliphatic rings. The Hall–Kier alpha value is -3.41. The summed E-state index contributed by atoms with van der Waals surface area (Å²) in [5, 5.41) is 9.25. The van der Waals surface area contributed by atoms with Crippen molar-refractivity contribution in [2.24, 2.45) is 13.0 Å². The third kappa shape index (κ3) is 4.31. The van der Waals surface area contributed by atoms with Crippen LogP contribution in [0.4, 0.5) is 0 Å². The summed E-state index contributed by atoms with van der Waals surface area (Å²) in [6, 6.07) is 19.0. The topological polar surface area (TPSA) is 56.0 Å². The molecule has 0 aliphatic carbocycles. The lowest BCUT2D eigenvalue weighted by Gasteiger charge is -2.32. The first-order chi connectivity index (χ1) is 15.7. The van der Waals surface area contributed by atoms with E-state index in [9.17, 15) is 4.79 Å². The van der Waals surface area contributed by atoms with Gasteiger partial charge in [-0.2, -0.15) is 0 Å². The van der Waals surface area contributed by atoms with Crippen molar-refractivity contribution in [3.05, 3.63) is 72.6 Å². The van der Waals surface area contributed by atoms with E-state index in [0.29, 0.717) is 12.3 Å². The first-order valence-corrected chi connectivity index (χ1v) is 11.4. The standard InChI is InChI=1S/C26H29N5O/c1-29-25(18-27-28-29)22-8-9-24-23(17-22)13-16-31(24)19-21-11-14-30(15-12-21)26(32)10-7-20-5-3-2-4-6-20/h2-6,8-9,13,16-18,21H,7,10-12,14-15,19H2,1H3. The molecule has 0 unspecified atom stereocenters. The van der Waals surface area contributed by atoms with Crippen LogP contribution in [0.25, 0.3) is 22.2 Å². The van der Waals surface area contributed by atoms with Crippen LogP contribution in [0.3, 0.4) is 0 Å². The Morgan fingerprint density at radius 1 is 1.06 bits per heavy atom. The van der Waals surface area contributed by atoms with Crippen LogP contribution in [0.5, 0.6) is 0 Å². The van der Waals surface area contributed by atoms with E-state index in [4.69, 9.17) is 0 Å². The van der Waals surface area contributed by atoms with Gasteiger partial charge in [-0.05, 0) is 48.9 Å². The zero-order valence-corrected chi connectivity index (χ0v) is 18.5. The molecular formula is C26H29N5O. The molecule has 0 radical (unpaired) electrons. The number of carbonyl (C=O) groups is 1. The highest BCUT2D eigenvalue weighted by Gasteiger charge is 2.23. The molecule has 2 aromatic carbocycles. The second-order valence-electron chi connectivity index (χ2n) is 8.79. The van der Waals surface area contributed by atoms with E-state index in [0.717, 1.165) is 50.2 Å². The lowest BCUT2D eigenvalue weighted by Crippen LogP contribution is -2.39. The van der Waals surface area contributed by atoms with E-state index in [1.54, 1.807) is 10.9 Å². The molecule has 1 saturated heterocycles. The van der Waals surface area contributed by atoms with Gasteiger partial charge in [0.15, 0.2) is 0 Å². The lowest BCUT2D eigenvalue weighted by molar-refractivity contribution is -0.132. The third-order valence-electron chi connectivity index (χ3n) is 6.67. The smallest absolute Gasteiger partial charge is 0.222 e. The van der Waals surface area contributed by atoms with Gasteiger partial charge >= 0.3 is 0 Å². The number of aryl methyl sites for hydroxylation is 2. The summed E-state index contributed by atoms with van der Waals surface area (Å²) in [6.07, 6.45) is 7.54. The van der Waals surface area contributed by atoms with Crippen LogP contribution >= 0.6 is 0 Å². The molecule has 164 valence electrons. The number of hydrogen-bond acceptors (Lipinski definition) is 3. The zero-order chi connectivity index (χ0) is 21.9. The minimum absolute atomic E-state index is 0.288. The highest BCUT2D eigenvalue weighted by atomic mass is 16.2. The number of rotatable bonds is 6. The van der Waals surface area contributed by atoms with Crippen LogP contribution in [0, 0.1) is 5.92 Å². The van der Waals surface area contributed by atoms with Crippen molar-refractivity contribution in [2.45, 2.75) is 32.2 Å². The Bertz CT molecular complexity index is 1200. The molecule has 0 bridgehead atoms. The number of fused-ring (bicyclic) bond motifs is 1. The van der Waals surface area contributed by atoms with Gasteiger partial charge in [0.1, 0.15) is 0 Å². The fraction of sp³-hybridized carbons (Fsp3) is 0.346. The van der Waals surface area contributed by atoms with E-state index < -0.39 is 0 Å². The second-order valence-corrected chi connectivity index (χ2v) is 8.79. The van der Waals surface area contributed by atoms with E-state index in [2.05, 4.69) is 62.4 Å². The van der Waals surface area contributed by atoms with E-state index in [-0.39, 0.29) is 5.91 Å². The average Bonchev–Trinajstić information content (AvgIpc) is 3.44. The molecule has 1 amide bonds. The molecule has 5 rings (SSSR count). The van der Waals surface area contributed by atoms with Gasteiger partial charge in [0.2, 0.25) is 5.91 Å². The summed E-state index contributed by atoms with van der Waals surface area (Å²) in [7, 11) is 1.91. The Labute approximate surface area is 188 Å². The molecule has 32 heavy (non-hydrogen) atoms. The number of piperidine rings is 1. The number of likely N-dealkylation sites (tertiary alicyclic amines) is 1. The van der Waals surface area contributed by atoms with Crippen LogP contribution in [-0.4, -0.2) is 43.5 Å². The Morgan fingerprint density at radius 2 is 1.88 bits per heavy atom. The van der Waals surface area contributed by atoms with Crippen molar-refractivity contribution < 1.29 is 4.79 Å². The maximum absolute atomic E-state index is 12.6. The van der Waals surface area contributed by atoms with Crippen LogP contribution in [-0.2, 0) is 24.8 Å². The molecule has 1 aliphatic heterocycles. The van der Waals surface area contributed by atoms with Crippen molar-refractivity contribution >= 4 is 16.8 Å². The van der Waals surface area contributed by atoms with Crippen molar-refractivity contribution in [3.63, 3.8) is 0 Å². The molecule has 3 heterocycles. The molecular weight excluding hydrogens is 398 g/mol. The summed E-state index contributed by atoms with van der Waals surface area (Å²) >= 11 is 0. The Morgan fingerprint density at radius 3 is 2.62 bits per heavy atom. The van der Waals surface area contributed by atoms with Gasteiger partial charge in [0.25, 0.3) is 0 Å². The van der Waals surface area contributed by atoms with Crippen molar-refractivity contribution in [2.75, 3.05) is 13.1 Å². The molecule has 0 N–H and O–H groups in total. The van der Waals surface area contributed by atoms with Crippen LogP contribution in [0.15, 0.2) is 67.0 Å². The predicted molar refractivity (Wildman–Crippen MR) is 126 cm³/mol. The predicted octanol–water partition coefficient (Wildman–Crippen LogP) is 4.31. The maximum atomic E-state index is 12.6. The first-order valence-electron chi connectivity index (χ1n) is 11.4. The summed E-state index contributed by atoms with van der Waals surface area (Å²) in [4.78, 5) is 14.7. The Kier molecular flexibility index (Phi) is 5.75. The minimum atomic E-state index is 0.288. The van der Waals surface area contributed by atoms with Crippen molar-refractivity contribution in [3.8, 4) is 11.3 Å². The number of nitrogens with zero attached hydrogens (tertiary/aromatic N) is 5. The molecule has 4 aromatic rings. The van der Waals surface area contributed by atoms with Gasteiger partial charge in [-0.3, -0.25) is 4.79 Å². The summed E-state index contributed by atoms with van der Waals surface area (Å²) in [5.74, 6) is 0.889. The molecule has 0 atom stereocenters. The van der Waals surface area contributed by atoms with Gasteiger partial charge in [-0.25, -0.2) is 4.68 Å². The van der Waals surface area contributed by atoms with Gasteiger partial charge < -0.3 is 9.47 Å². The summed E-state index contributed by atoms with van der Waals surface area (Å²) in [5.41, 5.74) is 4.64. The van der Waals surface area contributed by atoms with Gasteiger partial charge in [-0.15, -0.1) is 5.10 Å². The van der Waals surface area contributed by atoms with Crippen LogP contribution in [0.1, 0.15) is 24.8 Å². The van der Waals surface area contributed by atoms with Gasteiger partial charge in [-0.1, -0.05) is 41.6 Å². The number of amides is 1. The van der Waals surface area contributed by atoms with Gasteiger partial charge in [0.05, 0.1) is 11.9 Å². The Balaban J connectivity index is 1.17. The minimum Gasteiger partial charge on any atom is -0.347 e. The summed E-state index contributed by atoms with van der Waals surface area (Å²) < 4.78 is 4.16. The number of aromatic nitrogens is 4. The fourth-order valence-corrected chi connectivity index (χ4v) is 4.77. The molecule has 2 aromatic heterocycles. The molecule has 0 spiro atoms. The third-order valence-corrected chi connectivity index (χ3v) is 6.67. The molecule has 6 heteroatoms. The van der Waals surface area contributed by atoms with Crippen LogP contribution in [0.2, 0.25) is 0 Å². The average molecular weight is 428 g/mol. The molecule has 1 fully saturated rings. The van der Waals surface area contributed by atoms with Crippen molar-refractivity contribution in [1.29, 1.82) is 0 Å². The van der Waals surface area contributed by atoms with Crippen LogP contribution < -0.4 is 0 Å². The molecule has 6 nitrogen and oxygen atoms in total. The second kappa shape index (κ2) is 8.99. The zero-order valence-electron chi connectivity index (χ0n) is 18.5. The van der Waals surface area contributed by atoms with Crippen molar-refractivity contribution in [1.82, 2.24) is 24.5 Å². The summed E-state index contributed by atoms with van der Waals surface area (Å²) in [6.45, 7) is 2.74. The van der Waals surface area contributed by atoms with Gasteiger partial charge in [0, 0.05) is 55.8 Å². The monoisotopic (exact) mass is 427 g/mol. The fourth-order valence-electron chi connectivity index (χ4n) is 4.77. The molecule has 0 saturated carbocycles. The first kappa shape index (κ1) is 20.5. The largest absolute Gasteiger partial charge is 0.347 e. The number of hydrogen-bond donors (Lipinski definition) is 0. The highest BCUT2D eigenvalue weighted by Crippen LogP contribution is 2.27. The number of carbonyl (C=O) groups excluding carboxylic acids is 1. The van der Waals surface area contributed by atoms with E-state index in [1.165, 1.54) is 16.5 Å². The quantitative estimate of drug-likeness (QED) is 0.461. The normalized spacial score (nSPS) is 14.8.